The summed E-state index contributed by atoms with van der Waals surface area (Å²) in [5, 5.41) is 9.41. The minimum Gasteiger partial charge on any atom is -0.492 e. The lowest BCUT2D eigenvalue weighted by Crippen LogP contribution is -2.40. The molecule has 0 atom stereocenters. The second kappa shape index (κ2) is 7.11. The van der Waals surface area contributed by atoms with Crippen molar-refractivity contribution in [2.24, 2.45) is 0 Å². The lowest BCUT2D eigenvalue weighted by Gasteiger charge is -2.25. The largest absolute Gasteiger partial charge is 0.492 e. The molecule has 0 radical (unpaired) electrons. The van der Waals surface area contributed by atoms with Crippen LogP contribution < -0.4 is 15.2 Å². The third kappa shape index (κ3) is 5.53. The number of nitrogens with two attached hydrogens (primary N) is 1. The molecule has 1 aliphatic rings. The molecule has 6 nitrogen and oxygen atoms in total. The summed E-state index contributed by atoms with van der Waals surface area (Å²) in [4.78, 5) is 0. The summed E-state index contributed by atoms with van der Waals surface area (Å²) in [7, 11) is -3.37. The van der Waals surface area contributed by atoms with Gasteiger partial charge in [0.15, 0.2) is 0 Å². The molecule has 2 rings (SSSR count). The molecule has 0 aromatic heterocycles. The maximum absolute atomic E-state index is 12.0. The van der Waals surface area contributed by atoms with E-state index in [0.717, 1.165) is 0 Å². The Morgan fingerprint density at radius 3 is 2.67 bits per heavy atom. The number of ether oxygens (including phenoxy) is 1. The number of anilines is 1. The van der Waals surface area contributed by atoms with Gasteiger partial charge in [-0.2, -0.15) is 0 Å². The van der Waals surface area contributed by atoms with Crippen LogP contribution in [0.15, 0.2) is 24.3 Å². The smallest absolute Gasteiger partial charge is 0.215 e. The number of nitrogens with one attached hydrogen (secondary N) is 1. The van der Waals surface area contributed by atoms with Gasteiger partial charge < -0.3 is 15.6 Å². The Morgan fingerprint density at radius 2 is 2.00 bits per heavy atom. The molecule has 0 aliphatic heterocycles. The average molecular weight is 314 g/mol. The SMILES string of the molecule is Nc1cccc(OCCS(=O)(=O)NC2CCC(O)CC2)c1. The van der Waals surface area contributed by atoms with Gasteiger partial charge in [-0.15, -0.1) is 0 Å². The van der Waals surface area contributed by atoms with Crippen LogP contribution in [0.5, 0.6) is 5.75 Å². The number of nitrogen functional groups attached to an aromatic ring is 1. The summed E-state index contributed by atoms with van der Waals surface area (Å²) in [6.07, 6.45) is 2.35. The topological polar surface area (TPSA) is 102 Å². The average Bonchev–Trinajstić information content (AvgIpc) is 2.41. The fourth-order valence-electron chi connectivity index (χ4n) is 2.38. The maximum Gasteiger partial charge on any atom is 0.215 e. The zero-order chi connectivity index (χ0) is 15.3. The van der Waals surface area contributed by atoms with Gasteiger partial charge in [0.05, 0.1) is 11.9 Å². The summed E-state index contributed by atoms with van der Waals surface area (Å²) in [6, 6.07) is 6.81. The van der Waals surface area contributed by atoms with Gasteiger partial charge in [-0.3, -0.25) is 0 Å². The summed E-state index contributed by atoms with van der Waals surface area (Å²) in [6.45, 7) is 0.0775. The number of benzene rings is 1. The fraction of sp³-hybridized carbons (Fsp3) is 0.571. The van der Waals surface area contributed by atoms with Crippen LogP contribution in [-0.4, -0.2) is 38.0 Å². The van der Waals surface area contributed by atoms with E-state index in [1.807, 2.05) is 0 Å². The van der Waals surface area contributed by atoms with E-state index < -0.39 is 10.0 Å². The molecule has 21 heavy (non-hydrogen) atoms. The number of rotatable bonds is 6. The molecular weight excluding hydrogens is 292 g/mol. The Labute approximate surface area is 125 Å². The molecule has 118 valence electrons. The third-order valence-electron chi connectivity index (χ3n) is 3.52. The van der Waals surface area contributed by atoms with Crippen molar-refractivity contribution in [2.75, 3.05) is 18.1 Å². The van der Waals surface area contributed by atoms with Crippen LogP contribution >= 0.6 is 0 Å². The number of hydrogen-bond acceptors (Lipinski definition) is 5. The van der Waals surface area contributed by atoms with Gasteiger partial charge >= 0.3 is 0 Å². The highest BCUT2D eigenvalue weighted by Crippen LogP contribution is 2.19. The third-order valence-corrected chi connectivity index (χ3v) is 4.92. The van der Waals surface area contributed by atoms with Gasteiger partial charge in [0.1, 0.15) is 12.4 Å². The van der Waals surface area contributed by atoms with Crippen molar-refractivity contribution in [3.05, 3.63) is 24.3 Å². The molecule has 7 heteroatoms. The molecule has 0 heterocycles. The van der Waals surface area contributed by atoms with Gasteiger partial charge in [0.25, 0.3) is 0 Å². The van der Waals surface area contributed by atoms with Gasteiger partial charge in [-0.25, -0.2) is 13.1 Å². The van der Waals surface area contributed by atoms with Gasteiger partial charge in [0.2, 0.25) is 10.0 Å². The van der Waals surface area contributed by atoms with Crippen LogP contribution in [0, 0.1) is 0 Å². The minimum atomic E-state index is -3.37. The van der Waals surface area contributed by atoms with Crippen LogP contribution in [-0.2, 0) is 10.0 Å². The van der Waals surface area contributed by atoms with E-state index in [4.69, 9.17) is 10.5 Å². The van der Waals surface area contributed by atoms with Crippen molar-refractivity contribution in [3.8, 4) is 5.75 Å². The van der Waals surface area contributed by atoms with Crippen LogP contribution in [0.2, 0.25) is 0 Å². The number of aliphatic hydroxyl groups excluding tert-OH is 1. The number of aliphatic hydroxyl groups is 1. The highest BCUT2D eigenvalue weighted by atomic mass is 32.2. The monoisotopic (exact) mass is 314 g/mol. The summed E-state index contributed by atoms with van der Waals surface area (Å²) >= 11 is 0. The zero-order valence-electron chi connectivity index (χ0n) is 11.9. The molecule has 1 saturated carbocycles. The first kappa shape index (κ1) is 16.1. The first-order valence-electron chi connectivity index (χ1n) is 7.11. The predicted octanol–water partition coefficient (Wildman–Crippen LogP) is 0.870. The van der Waals surface area contributed by atoms with Crippen molar-refractivity contribution in [2.45, 2.75) is 37.8 Å². The molecule has 1 aliphatic carbocycles. The van der Waals surface area contributed by atoms with Crippen molar-refractivity contribution >= 4 is 15.7 Å². The van der Waals surface area contributed by atoms with Crippen LogP contribution in [0.25, 0.3) is 0 Å². The molecule has 1 aromatic carbocycles. The lowest BCUT2D eigenvalue weighted by molar-refractivity contribution is 0.120. The maximum atomic E-state index is 12.0. The standard InChI is InChI=1S/C14H22N2O4S/c15-11-2-1-3-14(10-11)20-8-9-21(18,19)16-12-4-6-13(17)7-5-12/h1-3,10,12-13,16-17H,4-9,15H2. The van der Waals surface area contributed by atoms with E-state index in [1.165, 1.54) is 0 Å². The van der Waals surface area contributed by atoms with Gasteiger partial charge in [0, 0.05) is 17.8 Å². The Balaban J connectivity index is 1.76. The van der Waals surface area contributed by atoms with Crippen molar-refractivity contribution < 1.29 is 18.3 Å². The van der Waals surface area contributed by atoms with E-state index >= 15 is 0 Å². The van der Waals surface area contributed by atoms with E-state index in [9.17, 15) is 13.5 Å². The molecule has 0 spiro atoms. The van der Waals surface area contributed by atoms with Gasteiger partial charge in [-0.1, -0.05) is 6.07 Å². The summed E-state index contributed by atoms with van der Waals surface area (Å²) in [5.41, 5.74) is 6.20. The number of sulfonamides is 1. The summed E-state index contributed by atoms with van der Waals surface area (Å²) in [5.74, 6) is 0.465. The Kier molecular flexibility index (Phi) is 5.44. The van der Waals surface area contributed by atoms with Gasteiger partial charge in [-0.05, 0) is 37.8 Å². The molecule has 1 aromatic rings. The molecular formula is C14H22N2O4S. The Hall–Kier alpha value is -1.31. The van der Waals surface area contributed by atoms with Crippen molar-refractivity contribution in [3.63, 3.8) is 0 Å². The Morgan fingerprint density at radius 1 is 1.29 bits per heavy atom. The second-order valence-electron chi connectivity index (χ2n) is 5.36. The van der Waals surface area contributed by atoms with E-state index in [0.29, 0.717) is 37.1 Å². The highest BCUT2D eigenvalue weighted by Gasteiger charge is 2.23. The molecule has 0 bridgehead atoms. The summed E-state index contributed by atoms with van der Waals surface area (Å²) < 4.78 is 32.0. The van der Waals surface area contributed by atoms with Crippen LogP contribution in [0.1, 0.15) is 25.7 Å². The molecule has 0 saturated heterocycles. The van der Waals surface area contributed by atoms with E-state index in [2.05, 4.69) is 4.72 Å². The number of hydrogen-bond donors (Lipinski definition) is 3. The second-order valence-corrected chi connectivity index (χ2v) is 7.24. The first-order chi connectivity index (χ1) is 9.94. The molecule has 4 N–H and O–H groups in total. The molecule has 1 fully saturated rings. The zero-order valence-corrected chi connectivity index (χ0v) is 12.7. The highest BCUT2D eigenvalue weighted by molar-refractivity contribution is 7.89. The normalized spacial score (nSPS) is 22.9. The fourth-order valence-corrected chi connectivity index (χ4v) is 3.54. The molecule has 0 unspecified atom stereocenters. The van der Waals surface area contributed by atoms with Crippen LogP contribution in [0.4, 0.5) is 5.69 Å². The molecule has 0 amide bonds. The van der Waals surface area contributed by atoms with E-state index in [-0.39, 0.29) is 24.5 Å². The predicted molar refractivity (Wildman–Crippen MR) is 81.5 cm³/mol. The quantitative estimate of drug-likeness (QED) is 0.676. The van der Waals surface area contributed by atoms with Crippen molar-refractivity contribution in [1.29, 1.82) is 0 Å². The Bertz CT molecular complexity index is 554. The van der Waals surface area contributed by atoms with Crippen molar-refractivity contribution in [1.82, 2.24) is 4.72 Å². The van der Waals surface area contributed by atoms with Crippen LogP contribution in [0.3, 0.4) is 0 Å². The van der Waals surface area contributed by atoms with E-state index in [1.54, 1.807) is 24.3 Å². The lowest BCUT2D eigenvalue weighted by atomic mass is 9.94. The minimum absolute atomic E-state index is 0.0775. The first-order valence-corrected chi connectivity index (χ1v) is 8.76.